The molecule has 1 N–H and O–H groups in total. The smallest absolute Gasteiger partial charge is 0.0579 e. The predicted molar refractivity (Wildman–Crippen MR) is 63.0 cm³/mol. The molecule has 2 rings (SSSR count). The number of hydrogen-bond donors (Lipinski definition) is 1. The summed E-state index contributed by atoms with van der Waals surface area (Å²) in [6.45, 7) is 2.20. The first-order valence-electron chi connectivity index (χ1n) is 6.62. The lowest BCUT2D eigenvalue weighted by Gasteiger charge is -2.16. The van der Waals surface area contributed by atoms with E-state index in [0.29, 0.717) is 12.2 Å². The van der Waals surface area contributed by atoms with E-state index >= 15 is 0 Å². The largest absolute Gasteiger partial charge is 0.375 e. The van der Waals surface area contributed by atoms with Crippen LogP contribution in [0.15, 0.2) is 0 Å². The van der Waals surface area contributed by atoms with Crippen LogP contribution in [-0.4, -0.2) is 25.3 Å². The monoisotopic (exact) mass is 211 g/mol. The SMILES string of the molecule is CNC(CCCC1CCC(C)O1)C1CC1. The van der Waals surface area contributed by atoms with Crippen LogP contribution in [0.4, 0.5) is 0 Å². The first kappa shape index (κ1) is 11.4. The Morgan fingerprint density at radius 1 is 1.27 bits per heavy atom. The number of nitrogens with one attached hydrogen (secondary N) is 1. The third kappa shape index (κ3) is 3.46. The molecule has 88 valence electrons. The van der Waals surface area contributed by atoms with Crippen molar-refractivity contribution in [3.63, 3.8) is 0 Å². The Balaban J connectivity index is 1.57. The van der Waals surface area contributed by atoms with Crippen LogP contribution in [0.25, 0.3) is 0 Å². The van der Waals surface area contributed by atoms with Crippen LogP contribution < -0.4 is 5.32 Å². The zero-order valence-corrected chi connectivity index (χ0v) is 10.2. The molecule has 0 radical (unpaired) electrons. The topological polar surface area (TPSA) is 21.3 Å². The van der Waals surface area contributed by atoms with E-state index < -0.39 is 0 Å². The van der Waals surface area contributed by atoms with Crippen LogP contribution in [0.5, 0.6) is 0 Å². The van der Waals surface area contributed by atoms with E-state index in [-0.39, 0.29) is 0 Å². The maximum Gasteiger partial charge on any atom is 0.0579 e. The second-order valence-corrected chi connectivity index (χ2v) is 5.31. The van der Waals surface area contributed by atoms with E-state index in [1.54, 1.807) is 0 Å². The van der Waals surface area contributed by atoms with Gasteiger partial charge in [-0.2, -0.15) is 0 Å². The van der Waals surface area contributed by atoms with Gasteiger partial charge in [-0.15, -0.1) is 0 Å². The third-order valence-electron chi connectivity index (χ3n) is 3.92. The summed E-state index contributed by atoms with van der Waals surface area (Å²) in [7, 11) is 2.11. The van der Waals surface area contributed by atoms with E-state index in [1.165, 1.54) is 44.9 Å². The number of ether oxygens (including phenoxy) is 1. The quantitative estimate of drug-likeness (QED) is 0.729. The fourth-order valence-electron chi connectivity index (χ4n) is 2.78. The maximum absolute atomic E-state index is 5.83. The van der Waals surface area contributed by atoms with Crippen molar-refractivity contribution in [1.29, 1.82) is 0 Å². The lowest BCUT2D eigenvalue weighted by atomic mass is 10.0. The Hall–Kier alpha value is -0.0800. The Bertz CT molecular complexity index is 191. The highest BCUT2D eigenvalue weighted by molar-refractivity contribution is 4.85. The van der Waals surface area contributed by atoms with Gasteiger partial charge in [-0.25, -0.2) is 0 Å². The van der Waals surface area contributed by atoms with Gasteiger partial charge in [-0.1, -0.05) is 0 Å². The Morgan fingerprint density at radius 2 is 2.07 bits per heavy atom. The molecule has 1 saturated carbocycles. The average molecular weight is 211 g/mol. The van der Waals surface area contributed by atoms with Crippen LogP contribution in [0.2, 0.25) is 0 Å². The maximum atomic E-state index is 5.83. The standard InChI is InChI=1S/C13H25NO/c1-10-6-9-12(15-10)4-3-5-13(14-2)11-7-8-11/h10-14H,3-9H2,1-2H3. The molecule has 0 aromatic heterocycles. The van der Waals surface area contributed by atoms with Crippen molar-refractivity contribution in [2.24, 2.45) is 5.92 Å². The highest BCUT2D eigenvalue weighted by atomic mass is 16.5. The van der Waals surface area contributed by atoms with Gasteiger partial charge in [0.15, 0.2) is 0 Å². The summed E-state index contributed by atoms with van der Waals surface area (Å²) in [4.78, 5) is 0. The van der Waals surface area contributed by atoms with Gasteiger partial charge >= 0.3 is 0 Å². The van der Waals surface area contributed by atoms with Crippen molar-refractivity contribution in [3.8, 4) is 0 Å². The molecule has 2 aliphatic rings. The summed E-state index contributed by atoms with van der Waals surface area (Å²) >= 11 is 0. The fourth-order valence-corrected chi connectivity index (χ4v) is 2.78. The minimum absolute atomic E-state index is 0.513. The molecule has 0 bridgehead atoms. The highest BCUT2D eigenvalue weighted by Gasteiger charge is 2.30. The Morgan fingerprint density at radius 3 is 2.60 bits per heavy atom. The predicted octanol–water partition coefficient (Wildman–Crippen LogP) is 2.72. The zero-order valence-electron chi connectivity index (χ0n) is 10.2. The summed E-state index contributed by atoms with van der Waals surface area (Å²) in [5.41, 5.74) is 0. The summed E-state index contributed by atoms with van der Waals surface area (Å²) in [5, 5.41) is 3.46. The molecule has 0 spiro atoms. The molecule has 2 nitrogen and oxygen atoms in total. The van der Waals surface area contributed by atoms with Gasteiger partial charge < -0.3 is 10.1 Å². The molecule has 0 amide bonds. The highest BCUT2D eigenvalue weighted by Crippen LogP contribution is 2.35. The lowest BCUT2D eigenvalue weighted by molar-refractivity contribution is 0.0490. The summed E-state index contributed by atoms with van der Waals surface area (Å²) in [5.74, 6) is 0.985. The summed E-state index contributed by atoms with van der Waals surface area (Å²) < 4.78 is 5.83. The van der Waals surface area contributed by atoms with Crippen molar-refractivity contribution in [2.45, 2.75) is 70.1 Å². The second kappa shape index (κ2) is 5.31. The fraction of sp³-hybridized carbons (Fsp3) is 1.00. The summed E-state index contributed by atoms with van der Waals surface area (Å²) in [6.07, 6.45) is 10.5. The van der Waals surface area contributed by atoms with Crippen LogP contribution >= 0.6 is 0 Å². The summed E-state index contributed by atoms with van der Waals surface area (Å²) in [6, 6.07) is 0.781. The second-order valence-electron chi connectivity index (χ2n) is 5.31. The Labute approximate surface area is 93.8 Å². The van der Waals surface area contributed by atoms with Gasteiger partial charge in [-0.3, -0.25) is 0 Å². The van der Waals surface area contributed by atoms with Gasteiger partial charge in [0.2, 0.25) is 0 Å². The van der Waals surface area contributed by atoms with Crippen molar-refractivity contribution in [3.05, 3.63) is 0 Å². The minimum Gasteiger partial charge on any atom is -0.375 e. The number of hydrogen-bond acceptors (Lipinski definition) is 2. The van der Waals surface area contributed by atoms with Gasteiger partial charge in [-0.05, 0) is 64.8 Å². The molecule has 0 aromatic rings. The van der Waals surface area contributed by atoms with Crippen LogP contribution in [0.1, 0.15) is 51.9 Å². The van der Waals surface area contributed by atoms with E-state index in [9.17, 15) is 0 Å². The molecule has 3 unspecified atom stereocenters. The van der Waals surface area contributed by atoms with Crippen molar-refractivity contribution in [1.82, 2.24) is 5.32 Å². The molecule has 1 aliphatic carbocycles. The Kier molecular flexibility index (Phi) is 4.04. The van der Waals surface area contributed by atoms with Crippen molar-refractivity contribution in [2.75, 3.05) is 7.05 Å². The van der Waals surface area contributed by atoms with Crippen LogP contribution in [0, 0.1) is 5.92 Å². The molecule has 1 saturated heterocycles. The molecule has 2 heteroatoms. The van der Waals surface area contributed by atoms with Crippen molar-refractivity contribution >= 4 is 0 Å². The zero-order chi connectivity index (χ0) is 10.7. The van der Waals surface area contributed by atoms with Gasteiger partial charge in [0.25, 0.3) is 0 Å². The molecular formula is C13H25NO. The molecule has 3 atom stereocenters. The van der Waals surface area contributed by atoms with E-state index in [1.807, 2.05) is 0 Å². The normalized spacial score (nSPS) is 33.2. The van der Waals surface area contributed by atoms with Crippen LogP contribution in [-0.2, 0) is 4.74 Å². The molecule has 0 aromatic carbocycles. The van der Waals surface area contributed by atoms with E-state index in [2.05, 4.69) is 19.3 Å². The third-order valence-corrected chi connectivity index (χ3v) is 3.92. The molecular weight excluding hydrogens is 186 g/mol. The average Bonchev–Trinajstić information content (AvgIpc) is 2.98. The van der Waals surface area contributed by atoms with E-state index in [4.69, 9.17) is 4.74 Å². The van der Waals surface area contributed by atoms with Crippen LogP contribution in [0.3, 0.4) is 0 Å². The first-order valence-corrected chi connectivity index (χ1v) is 6.62. The molecule has 2 fully saturated rings. The lowest BCUT2D eigenvalue weighted by Crippen LogP contribution is -2.27. The number of rotatable bonds is 6. The first-order chi connectivity index (χ1) is 7.29. The van der Waals surface area contributed by atoms with Crippen molar-refractivity contribution < 1.29 is 4.74 Å². The van der Waals surface area contributed by atoms with Gasteiger partial charge in [0, 0.05) is 6.04 Å². The van der Waals surface area contributed by atoms with E-state index in [0.717, 1.165) is 12.0 Å². The minimum atomic E-state index is 0.513. The molecule has 1 heterocycles. The van der Waals surface area contributed by atoms with Gasteiger partial charge in [0.1, 0.15) is 0 Å². The molecule has 1 aliphatic heterocycles. The molecule has 15 heavy (non-hydrogen) atoms. The van der Waals surface area contributed by atoms with Gasteiger partial charge in [0.05, 0.1) is 12.2 Å².